The van der Waals surface area contributed by atoms with Crippen LogP contribution >= 0.6 is 24.0 Å². The zero-order valence-electron chi connectivity index (χ0n) is 15.9. The molecule has 1 atom stereocenters. The first-order valence-electron chi connectivity index (χ1n) is 10.1. The van der Waals surface area contributed by atoms with E-state index in [1.165, 1.54) is 51.4 Å². The fourth-order valence-corrected chi connectivity index (χ4v) is 4.49. The molecule has 2 saturated heterocycles. The van der Waals surface area contributed by atoms with Gasteiger partial charge in [-0.3, -0.25) is 9.89 Å². The van der Waals surface area contributed by atoms with Crippen LogP contribution in [0, 0.1) is 5.92 Å². The second-order valence-corrected chi connectivity index (χ2v) is 7.68. The summed E-state index contributed by atoms with van der Waals surface area (Å²) in [7, 11) is 1.93. The number of ether oxygens (including phenoxy) is 1. The molecule has 1 aliphatic carbocycles. The van der Waals surface area contributed by atoms with Gasteiger partial charge in [0.05, 0.1) is 13.2 Å². The predicted octanol–water partition coefficient (Wildman–Crippen LogP) is 2.95. The Morgan fingerprint density at radius 3 is 2.36 bits per heavy atom. The minimum atomic E-state index is 0. The van der Waals surface area contributed by atoms with Gasteiger partial charge in [-0.25, -0.2) is 0 Å². The first kappa shape index (κ1) is 21.2. The number of rotatable bonds is 3. The molecule has 1 N–H and O–H groups in total. The molecule has 0 radical (unpaired) electrons. The van der Waals surface area contributed by atoms with Crippen molar-refractivity contribution in [1.29, 1.82) is 0 Å². The first-order chi connectivity index (χ1) is 11.9. The Balaban J connectivity index is 0.00000225. The summed E-state index contributed by atoms with van der Waals surface area (Å²) >= 11 is 0. The van der Waals surface area contributed by atoms with E-state index in [-0.39, 0.29) is 24.0 Å². The van der Waals surface area contributed by atoms with E-state index in [1.807, 2.05) is 7.05 Å². The monoisotopic (exact) mass is 464 g/mol. The number of hydrogen-bond donors (Lipinski definition) is 1. The number of guanidine groups is 1. The quantitative estimate of drug-likeness (QED) is 0.396. The lowest BCUT2D eigenvalue weighted by molar-refractivity contribution is 0.0195. The molecule has 6 heteroatoms. The van der Waals surface area contributed by atoms with E-state index in [4.69, 9.17) is 4.74 Å². The van der Waals surface area contributed by atoms with Gasteiger partial charge in [0, 0.05) is 45.8 Å². The van der Waals surface area contributed by atoms with Gasteiger partial charge < -0.3 is 15.0 Å². The Morgan fingerprint density at radius 2 is 1.68 bits per heavy atom. The standard InChI is InChI=1S/C19H36N4O.HI/c1-20-19(21-15-17-7-5-3-2-4-6-8-17)23-10-9-18(16-23)22-11-13-24-14-12-22;/h17-18H,2-16H2,1H3,(H,20,21);1H. The molecule has 0 spiro atoms. The maximum atomic E-state index is 5.49. The van der Waals surface area contributed by atoms with Crippen molar-refractivity contribution in [3.63, 3.8) is 0 Å². The summed E-state index contributed by atoms with van der Waals surface area (Å²) in [6.45, 7) is 7.32. The molecule has 0 aromatic heterocycles. The van der Waals surface area contributed by atoms with Gasteiger partial charge >= 0.3 is 0 Å². The molecule has 0 amide bonds. The lowest BCUT2D eigenvalue weighted by atomic mass is 9.91. The fourth-order valence-electron chi connectivity index (χ4n) is 4.49. The van der Waals surface area contributed by atoms with Gasteiger partial charge in [0.15, 0.2) is 5.96 Å². The zero-order valence-corrected chi connectivity index (χ0v) is 18.2. The third kappa shape index (κ3) is 6.54. The summed E-state index contributed by atoms with van der Waals surface area (Å²) in [6.07, 6.45) is 11.2. The summed E-state index contributed by atoms with van der Waals surface area (Å²) in [5.74, 6) is 1.95. The minimum Gasteiger partial charge on any atom is -0.379 e. The number of morpholine rings is 1. The highest BCUT2D eigenvalue weighted by atomic mass is 127. The largest absolute Gasteiger partial charge is 0.379 e. The molecule has 146 valence electrons. The van der Waals surface area contributed by atoms with E-state index in [2.05, 4.69) is 20.1 Å². The lowest BCUT2D eigenvalue weighted by Gasteiger charge is -2.32. The van der Waals surface area contributed by atoms with Gasteiger partial charge in [0.2, 0.25) is 0 Å². The topological polar surface area (TPSA) is 40.1 Å². The fraction of sp³-hybridized carbons (Fsp3) is 0.947. The van der Waals surface area contributed by atoms with Crippen LogP contribution in [-0.2, 0) is 4.74 Å². The Bertz CT molecular complexity index is 393. The lowest BCUT2D eigenvalue weighted by Crippen LogP contribution is -2.47. The number of nitrogens with one attached hydrogen (secondary N) is 1. The van der Waals surface area contributed by atoms with Gasteiger partial charge in [-0.15, -0.1) is 24.0 Å². The second kappa shape index (κ2) is 11.6. The third-order valence-electron chi connectivity index (χ3n) is 6.01. The average Bonchev–Trinajstić information content (AvgIpc) is 3.07. The highest BCUT2D eigenvalue weighted by Gasteiger charge is 2.30. The van der Waals surface area contributed by atoms with E-state index >= 15 is 0 Å². The van der Waals surface area contributed by atoms with Gasteiger partial charge in [-0.05, 0) is 25.2 Å². The molecule has 0 bridgehead atoms. The summed E-state index contributed by atoms with van der Waals surface area (Å²) in [6, 6.07) is 0.675. The van der Waals surface area contributed by atoms with Crippen LogP contribution in [0.5, 0.6) is 0 Å². The van der Waals surface area contributed by atoms with Crippen LogP contribution in [0.3, 0.4) is 0 Å². The zero-order chi connectivity index (χ0) is 16.6. The van der Waals surface area contributed by atoms with Gasteiger partial charge in [0.25, 0.3) is 0 Å². The molecule has 3 rings (SSSR count). The third-order valence-corrected chi connectivity index (χ3v) is 6.01. The number of nitrogens with zero attached hydrogens (tertiary/aromatic N) is 3. The predicted molar refractivity (Wildman–Crippen MR) is 115 cm³/mol. The number of likely N-dealkylation sites (tertiary alicyclic amines) is 1. The van der Waals surface area contributed by atoms with E-state index in [0.717, 1.165) is 57.8 Å². The molecular weight excluding hydrogens is 427 g/mol. The summed E-state index contributed by atoms with van der Waals surface area (Å²) in [4.78, 5) is 9.63. The van der Waals surface area contributed by atoms with Crippen LogP contribution in [0.15, 0.2) is 4.99 Å². The van der Waals surface area contributed by atoms with Crippen molar-refractivity contribution < 1.29 is 4.74 Å². The Labute approximate surface area is 171 Å². The number of aliphatic imine (C=N–C) groups is 1. The maximum absolute atomic E-state index is 5.49. The summed E-state index contributed by atoms with van der Waals surface area (Å²) in [5, 5.41) is 3.69. The van der Waals surface area contributed by atoms with Gasteiger partial charge in [-0.2, -0.15) is 0 Å². The first-order valence-corrected chi connectivity index (χ1v) is 10.1. The van der Waals surface area contributed by atoms with E-state index < -0.39 is 0 Å². The highest BCUT2D eigenvalue weighted by molar-refractivity contribution is 14.0. The molecule has 3 aliphatic rings. The van der Waals surface area contributed by atoms with Crippen molar-refractivity contribution >= 4 is 29.9 Å². The van der Waals surface area contributed by atoms with Crippen molar-refractivity contribution in [2.24, 2.45) is 10.9 Å². The SMILES string of the molecule is CN=C(NCC1CCCCCCC1)N1CCC(N2CCOCC2)C1.I. The van der Waals surface area contributed by atoms with Crippen LogP contribution in [0.4, 0.5) is 0 Å². The molecular formula is C19H37IN4O. The van der Waals surface area contributed by atoms with Crippen molar-refractivity contribution in [3.05, 3.63) is 0 Å². The molecule has 0 aromatic rings. The average molecular weight is 464 g/mol. The Morgan fingerprint density at radius 1 is 1.00 bits per heavy atom. The smallest absolute Gasteiger partial charge is 0.193 e. The van der Waals surface area contributed by atoms with Crippen LogP contribution in [0.25, 0.3) is 0 Å². The molecule has 1 unspecified atom stereocenters. The van der Waals surface area contributed by atoms with Crippen molar-refractivity contribution in [1.82, 2.24) is 15.1 Å². The molecule has 3 fully saturated rings. The molecule has 1 saturated carbocycles. The number of hydrogen-bond acceptors (Lipinski definition) is 3. The van der Waals surface area contributed by atoms with Crippen molar-refractivity contribution in [3.8, 4) is 0 Å². The highest BCUT2D eigenvalue weighted by Crippen LogP contribution is 2.22. The van der Waals surface area contributed by atoms with Crippen molar-refractivity contribution in [2.45, 2.75) is 57.4 Å². The van der Waals surface area contributed by atoms with Crippen LogP contribution in [0.1, 0.15) is 51.4 Å². The van der Waals surface area contributed by atoms with Gasteiger partial charge in [0.1, 0.15) is 0 Å². The molecule has 5 nitrogen and oxygen atoms in total. The maximum Gasteiger partial charge on any atom is 0.193 e. The normalized spacial score (nSPS) is 27.5. The van der Waals surface area contributed by atoms with Crippen LogP contribution in [-0.4, -0.2) is 74.8 Å². The Kier molecular flexibility index (Phi) is 9.84. The molecule has 0 aromatic carbocycles. The summed E-state index contributed by atoms with van der Waals surface area (Å²) < 4.78 is 5.49. The minimum absolute atomic E-state index is 0. The van der Waals surface area contributed by atoms with Gasteiger partial charge in [-0.1, -0.05) is 32.1 Å². The van der Waals surface area contributed by atoms with Crippen molar-refractivity contribution in [2.75, 3.05) is 53.0 Å². The second-order valence-electron chi connectivity index (χ2n) is 7.68. The van der Waals surface area contributed by atoms with Crippen LogP contribution in [0.2, 0.25) is 0 Å². The van der Waals surface area contributed by atoms with E-state index in [1.54, 1.807) is 0 Å². The molecule has 2 heterocycles. The van der Waals surface area contributed by atoms with E-state index in [9.17, 15) is 0 Å². The molecule has 2 aliphatic heterocycles. The Hall–Kier alpha value is -0.0800. The summed E-state index contributed by atoms with van der Waals surface area (Å²) in [5.41, 5.74) is 0. The molecule has 25 heavy (non-hydrogen) atoms. The number of halogens is 1. The van der Waals surface area contributed by atoms with Crippen LogP contribution < -0.4 is 5.32 Å². The van der Waals surface area contributed by atoms with E-state index in [0.29, 0.717) is 6.04 Å².